The number of halogens is 3. The van der Waals surface area contributed by atoms with E-state index in [4.69, 9.17) is 4.18 Å². The molecule has 1 aliphatic rings. The molecule has 10 heteroatoms. The van der Waals surface area contributed by atoms with Crippen LogP contribution in [0.3, 0.4) is 0 Å². The van der Waals surface area contributed by atoms with Gasteiger partial charge in [-0.05, 0) is 61.1 Å². The summed E-state index contributed by atoms with van der Waals surface area (Å²) in [5, 5.41) is 0. The molecule has 0 saturated heterocycles. The van der Waals surface area contributed by atoms with Crippen molar-refractivity contribution in [2.75, 3.05) is 10.6 Å². The van der Waals surface area contributed by atoms with Crippen LogP contribution in [0.4, 0.5) is 18.9 Å². The van der Waals surface area contributed by atoms with Crippen molar-refractivity contribution in [3.63, 3.8) is 0 Å². The van der Waals surface area contributed by atoms with Gasteiger partial charge in [0.05, 0.1) is 30.4 Å². The van der Waals surface area contributed by atoms with Gasteiger partial charge in [0.2, 0.25) is 10.0 Å². The van der Waals surface area contributed by atoms with Crippen molar-refractivity contribution < 1.29 is 25.8 Å². The number of fused-ring (bicyclic) bond motifs is 3. The Hall–Kier alpha value is -2.72. The Labute approximate surface area is 207 Å². The smallest absolute Gasteiger partial charge is 0.415 e. The van der Waals surface area contributed by atoms with Gasteiger partial charge in [-0.2, -0.15) is 13.2 Å². The molecule has 35 heavy (non-hydrogen) atoms. The number of sulfonamides is 1. The quantitative estimate of drug-likeness (QED) is 0.348. The molecule has 5 nitrogen and oxygen atoms in total. The zero-order valence-electron chi connectivity index (χ0n) is 19.9. The molecule has 1 aliphatic heterocycles. The van der Waals surface area contributed by atoms with Crippen molar-refractivity contribution in [3.8, 4) is 28.1 Å². The van der Waals surface area contributed by atoms with Crippen LogP contribution in [0, 0.1) is 20.8 Å². The highest BCUT2D eigenvalue weighted by Gasteiger charge is 2.35. The van der Waals surface area contributed by atoms with Crippen molar-refractivity contribution >= 4 is 27.8 Å². The summed E-state index contributed by atoms with van der Waals surface area (Å²) in [4.78, 5) is 4.46. The van der Waals surface area contributed by atoms with Gasteiger partial charge in [0.15, 0.2) is 17.8 Å². The molecule has 0 atom stereocenters. The zero-order chi connectivity index (χ0) is 25.7. The van der Waals surface area contributed by atoms with Crippen molar-refractivity contribution in [2.24, 2.45) is 0 Å². The molecule has 0 unspecified atom stereocenters. The lowest BCUT2D eigenvalue weighted by Crippen LogP contribution is -2.34. The average Bonchev–Trinajstić information content (AvgIpc) is 2.78. The predicted octanol–water partition coefficient (Wildman–Crippen LogP) is 6.73. The van der Waals surface area contributed by atoms with E-state index in [0.717, 1.165) is 39.6 Å². The molecule has 3 aromatic rings. The maximum atomic E-state index is 12.9. The Bertz CT molecular complexity index is 1400. The first-order valence-corrected chi connectivity index (χ1v) is 13.5. The Morgan fingerprint density at radius 2 is 1.74 bits per heavy atom. The van der Waals surface area contributed by atoms with Gasteiger partial charge in [0.1, 0.15) is 0 Å². The third-order valence-corrected chi connectivity index (χ3v) is 7.74. The van der Waals surface area contributed by atoms with E-state index < -0.39 is 27.6 Å². The van der Waals surface area contributed by atoms with Crippen molar-refractivity contribution in [1.82, 2.24) is 4.98 Å². The van der Waals surface area contributed by atoms with Gasteiger partial charge in [-0.3, -0.25) is 9.29 Å². The summed E-state index contributed by atoms with van der Waals surface area (Å²) in [6.07, 6.45) is 3.07. The molecule has 2 heterocycles. The second-order valence-electron chi connectivity index (χ2n) is 8.61. The number of aryl methyl sites for hydroxylation is 1. The summed E-state index contributed by atoms with van der Waals surface area (Å²) in [6.45, 7) is 7.85. The third-order valence-electron chi connectivity index (χ3n) is 6.16. The molecule has 0 spiro atoms. The van der Waals surface area contributed by atoms with E-state index in [0.29, 0.717) is 28.9 Å². The van der Waals surface area contributed by atoms with Gasteiger partial charge >= 0.3 is 5.51 Å². The largest absolute Gasteiger partial charge is 0.479 e. The van der Waals surface area contributed by atoms with Gasteiger partial charge < -0.3 is 4.18 Å². The van der Waals surface area contributed by atoms with E-state index >= 15 is 0 Å². The maximum absolute atomic E-state index is 12.9. The summed E-state index contributed by atoms with van der Waals surface area (Å²) in [5.74, 6) is -0.0960. The minimum Gasteiger partial charge on any atom is -0.415 e. The minimum atomic E-state index is -4.57. The summed E-state index contributed by atoms with van der Waals surface area (Å²) < 4.78 is 69.7. The lowest BCUT2D eigenvalue weighted by molar-refractivity contribution is -0.0369. The SMILES string of the molecule is CCc1c(C)c2c(c(C)c1-c1ccc(C)cc1)-c1ncc(OSC(F)(F)F)cc1CN2S(C)(=O)=O. The molecule has 0 saturated carbocycles. The van der Waals surface area contributed by atoms with E-state index in [1.165, 1.54) is 16.6 Å². The number of anilines is 1. The molecule has 1 aromatic heterocycles. The number of benzene rings is 2. The van der Waals surface area contributed by atoms with Crippen LogP contribution < -0.4 is 8.49 Å². The molecule has 4 rings (SSSR count). The highest BCUT2D eigenvalue weighted by Crippen LogP contribution is 2.49. The van der Waals surface area contributed by atoms with E-state index in [2.05, 4.69) is 4.98 Å². The highest BCUT2D eigenvalue weighted by molar-refractivity contribution is 7.95. The molecular weight excluding hydrogens is 497 g/mol. The Morgan fingerprint density at radius 1 is 1.09 bits per heavy atom. The third kappa shape index (κ3) is 4.86. The number of pyridine rings is 1. The Morgan fingerprint density at radius 3 is 2.31 bits per heavy atom. The van der Waals surface area contributed by atoms with Crippen LogP contribution in [0.1, 0.15) is 34.7 Å². The first-order valence-electron chi connectivity index (χ1n) is 10.9. The fourth-order valence-corrected chi connectivity index (χ4v) is 5.91. The fraction of sp³-hybridized carbons (Fsp3) is 0.320. The first kappa shape index (κ1) is 25.4. The van der Waals surface area contributed by atoms with Crippen LogP contribution in [-0.4, -0.2) is 25.2 Å². The molecule has 0 aliphatic carbocycles. The molecule has 0 amide bonds. The normalized spacial score (nSPS) is 13.4. The van der Waals surface area contributed by atoms with E-state index in [-0.39, 0.29) is 12.3 Å². The van der Waals surface area contributed by atoms with Crippen molar-refractivity contribution in [1.29, 1.82) is 0 Å². The monoisotopic (exact) mass is 522 g/mol. The fourth-order valence-electron chi connectivity index (χ4n) is 4.69. The second kappa shape index (κ2) is 9.05. The van der Waals surface area contributed by atoms with Crippen LogP contribution in [0.15, 0.2) is 36.5 Å². The minimum absolute atomic E-state index is 0.0463. The van der Waals surface area contributed by atoms with Crippen LogP contribution in [-0.2, 0) is 23.0 Å². The molecule has 2 aromatic carbocycles. The number of hydrogen-bond donors (Lipinski definition) is 0. The van der Waals surface area contributed by atoms with Gasteiger partial charge in [0.25, 0.3) is 0 Å². The molecule has 0 radical (unpaired) electrons. The summed E-state index contributed by atoms with van der Waals surface area (Å²) in [6, 6.07) is 9.56. The molecule has 0 bridgehead atoms. The Kier molecular flexibility index (Phi) is 6.56. The van der Waals surface area contributed by atoms with Crippen LogP contribution in [0.5, 0.6) is 5.75 Å². The van der Waals surface area contributed by atoms with Crippen molar-refractivity contribution in [3.05, 3.63) is 64.3 Å². The van der Waals surface area contributed by atoms with Crippen LogP contribution >= 0.6 is 12.0 Å². The van der Waals surface area contributed by atoms with Gasteiger partial charge in [-0.15, -0.1) is 0 Å². The predicted molar refractivity (Wildman–Crippen MR) is 134 cm³/mol. The Balaban J connectivity index is 2.00. The summed E-state index contributed by atoms with van der Waals surface area (Å²) >= 11 is -0.631. The van der Waals surface area contributed by atoms with Gasteiger partial charge in [-0.1, -0.05) is 36.8 Å². The molecule has 0 N–H and O–H groups in total. The average molecular weight is 523 g/mol. The maximum Gasteiger partial charge on any atom is 0.479 e. The lowest BCUT2D eigenvalue weighted by Gasteiger charge is -2.35. The van der Waals surface area contributed by atoms with Crippen LogP contribution in [0.2, 0.25) is 0 Å². The van der Waals surface area contributed by atoms with Gasteiger partial charge in [0, 0.05) is 11.1 Å². The van der Waals surface area contributed by atoms with Crippen LogP contribution in [0.25, 0.3) is 22.4 Å². The van der Waals surface area contributed by atoms with E-state index in [1.54, 1.807) is 0 Å². The first-order chi connectivity index (χ1) is 16.3. The number of rotatable bonds is 5. The number of hydrogen-bond acceptors (Lipinski definition) is 5. The van der Waals surface area contributed by atoms with E-state index in [9.17, 15) is 21.6 Å². The standard InChI is InChI=1S/C25H25F3N2O3S2/c1-6-20-15(3)24-22(16(4)21(20)17-9-7-14(2)8-10-17)23-18(13-30(24)35(5,31)32)11-19(12-29-23)33-34-25(26,27)28/h7-12H,6,13H2,1-5H3. The van der Waals surface area contributed by atoms with Crippen molar-refractivity contribution in [2.45, 2.75) is 46.2 Å². The second-order valence-corrected chi connectivity index (χ2v) is 11.3. The number of nitrogens with zero attached hydrogens (tertiary/aromatic N) is 2. The molecule has 0 fully saturated rings. The number of alkyl halides is 3. The zero-order valence-corrected chi connectivity index (χ0v) is 21.6. The highest BCUT2D eigenvalue weighted by atomic mass is 32.2. The van der Waals surface area contributed by atoms with Gasteiger partial charge in [-0.25, -0.2) is 8.42 Å². The molecular formula is C25H25F3N2O3S2. The topological polar surface area (TPSA) is 59.5 Å². The summed E-state index contributed by atoms with van der Waals surface area (Å²) in [5.41, 5.74) is 3.58. The number of aromatic nitrogens is 1. The lowest BCUT2D eigenvalue weighted by atomic mass is 9.82. The molecule has 186 valence electrons. The van der Waals surface area contributed by atoms with E-state index in [1.807, 2.05) is 52.0 Å². The summed E-state index contributed by atoms with van der Waals surface area (Å²) in [7, 11) is -3.70.